The van der Waals surface area contributed by atoms with Crippen molar-refractivity contribution in [3.8, 4) is 0 Å². The molecular weight excluding hydrogens is 220 g/mol. The lowest BCUT2D eigenvalue weighted by Crippen LogP contribution is -2.43. The smallest absolute Gasteiger partial charge is 0.234 e. The molecule has 0 aromatic carbocycles. The number of hydrogen-bond donors (Lipinski definition) is 2. The molecule has 2 N–H and O–H groups in total. The summed E-state index contributed by atoms with van der Waals surface area (Å²) in [5, 5.41) is 11.9. The van der Waals surface area contributed by atoms with Gasteiger partial charge in [0, 0.05) is 26.3 Å². The van der Waals surface area contributed by atoms with Crippen molar-refractivity contribution in [3.05, 3.63) is 0 Å². The zero-order valence-electron chi connectivity index (χ0n) is 10.7. The zero-order valence-corrected chi connectivity index (χ0v) is 10.7. The summed E-state index contributed by atoms with van der Waals surface area (Å²) in [6, 6.07) is 0. The first-order valence-electron chi connectivity index (χ1n) is 6.44. The molecule has 0 spiro atoms. The summed E-state index contributed by atoms with van der Waals surface area (Å²) in [6.07, 6.45) is 2.14. The number of nitrogens with one attached hydrogen (secondary N) is 1. The predicted molar refractivity (Wildman–Crippen MR) is 65.8 cm³/mol. The summed E-state index contributed by atoms with van der Waals surface area (Å²) < 4.78 is 5.15. The first kappa shape index (κ1) is 14.4. The van der Waals surface area contributed by atoms with Crippen molar-refractivity contribution in [2.45, 2.75) is 19.8 Å². The number of hydrogen-bond acceptors (Lipinski definition) is 4. The number of rotatable bonds is 7. The Kier molecular flexibility index (Phi) is 7.16. The van der Waals surface area contributed by atoms with Crippen LogP contribution in [-0.2, 0) is 9.53 Å². The Bertz CT molecular complexity index is 224. The van der Waals surface area contributed by atoms with Crippen molar-refractivity contribution >= 4 is 5.91 Å². The van der Waals surface area contributed by atoms with Crippen LogP contribution in [0.2, 0.25) is 0 Å². The van der Waals surface area contributed by atoms with E-state index >= 15 is 0 Å². The maximum absolute atomic E-state index is 11.6. The van der Waals surface area contributed by atoms with Crippen LogP contribution in [0.25, 0.3) is 0 Å². The molecular formula is C12H24N2O3. The average molecular weight is 244 g/mol. The van der Waals surface area contributed by atoms with Crippen LogP contribution in [0.15, 0.2) is 0 Å². The zero-order chi connectivity index (χ0) is 12.5. The Hall–Kier alpha value is -0.650. The van der Waals surface area contributed by atoms with E-state index in [-0.39, 0.29) is 12.5 Å². The van der Waals surface area contributed by atoms with E-state index in [9.17, 15) is 4.79 Å². The van der Waals surface area contributed by atoms with Crippen LogP contribution in [0, 0.1) is 5.92 Å². The number of piperidine rings is 1. The van der Waals surface area contributed by atoms with Crippen molar-refractivity contribution in [3.63, 3.8) is 0 Å². The standard InChI is InChI=1S/C12H24N2O3/c1-2-17-7-5-13-12(16)9-14-6-3-4-11(8-14)10-15/h11,15H,2-10H2,1H3,(H,13,16). The topological polar surface area (TPSA) is 61.8 Å². The third-order valence-electron chi connectivity index (χ3n) is 3.00. The van der Waals surface area contributed by atoms with Crippen LogP contribution < -0.4 is 5.32 Å². The Morgan fingerprint density at radius 3 is 3.12 bits per heavy atom. The summed E-state index contributed by atoms with van der Waals surface area (Å²) in [5.41, 5.74) is 0. The van der Waals surface area contributed by atoms with Gasteiger partial charge in [0.1, 0.15) is 0 Å². The van der Waals surface area contributed by atoms with E-state index in [0.29, 0.717) is 32.2 Å². The average Bonchev–Trinajstić information content (AvgIpc) is 2.35. The minimum Gasteiger partial charge on any atom is -0.396 e. The Labute approximate surface area is 103 Å². The SMILES string of the molecule is CCOCCNC(=O)CN1CCCC(CO)C1. The fraction of sp³-hybridized carbons (Fsp3) is 0.917. The summed E-state index contributed by atoms with van der Waals surface area (Å²) in [4.78, 5) is 13.7. The molecule has 1 heterocycles. The fourth-order valence-corrected chi connectivity index (χ4v) is 2.11. The molecule has 0 aromatic rings. The summed E-state index contributed by atoms with van der Waals surface area (Å²) in [6.45, 7) is 6.20. The third-order valence-corrected chi connectivity index (χ3v) is 3.00. The van der Waals surface area contributed by atoms with Gasteiger partial charge in [-0.3, -0.25) is 9.69 Å². The fourth-order valence-electron chi connectivity index (χ4n) is 2.11. The van der Waals surface area contributed by atoms with Gasteiger partial charge >= 0.3 is 0 Å². The molecule has 1 amide bonds. The molecule has 1 aliphatic rings. The third kappa shape index (κ3) is 6.00. The highest BCUT2D eigenvalue weighted by molar-refractivity contribution is 5.77. The molecule has 0 saturated carbocycles. The molecule has 17 heavy (non-hydrogen) atoms. The molecule has 0 bridgehead atoms. The number of aliphatic hydroxyl groups is 1. The van der Waals surface area contributed by atoms with Crippen molar-refractivity contribution in [2.75, 3.05) is 46.0 Å². The molecule has 1 saturated heterocycles. The number of carbonyl (C=O) groups is 1. The molecule has 1 atom stereocenters. The number of carbonyl (C=O) groups excluding carboxylic acids is 1. The Balaban J connectivity index is 2.12. The Morgan fingerprint density at radius 1 is 1.59 bits per heavy atom. The number of likely N-dealkylation sites (tertiary alicyclic amines) is 1. The first-order chi connectivity index (χ1) is 8.26. The molecule has 1 rings (SSSR count). The molecule has 5 heteroatoms. The predicted octanol–water partition coefficient (Wildman–Crippen LogP) is -0.157. The highest BCUT2D eigenvalue weighted by Gasteiger charge is 2.20. The maximum Gasteiger partial charge on any atom is 0.234 e. The molecule has 0 aromatic heterocycles. The van der Waals surface area contributed by atoms with E-state index in [1.165, 1.54) is 0 Å². The van der Waals surface area contributed by atoms with Crippen molar-refractivity contribution in [1.82, 2.24) is 10.2 Å². The normalized spacial score (nSPS) is 21.4. The molecule has 5 nitrogen and oxygen atoms in total. The van der Waals surface area contributed by atoms with Gasteiger partial charge in [-0.05, 0) is 32.2 Å². The highest BCUT2D eigenvalue weighted by atomic mass is 16.5. The second kappa shape index (κ2) is 8.44. The minimum atomic E-state index is 0.0447. The number of ether oxygens (including phenoxy) is 1. The van der Waals surface area contributed by atoms with Gasteiger partial charge in [0.25, 0.3) is 0 Å². The highest BCUT2D eigenvalue weighted by Crippen LogP contribution is 2.14. The quantitative estimate of drug-likeness (QED) is 0.611. The molecule has 100 valence electrons. The van der Waals surface area contributed by atoms with E-state index in [1.54, 1.807) is 0 Å². The Morgan fingerprint density at radius 2 is 2.41 bits per heavy atom. The van der Waals surface area contributed by atoms with E-state index in [1.807, 2.05) is 6.92 Å². The largest absolute Gasteiger partial charge is 0.396 e. The van der Waals surface area contributed by atoms with E-state index < -0.39 is 0 Å². The lowest BCUT2D eigenvalue weighted by Gasteiger charge is -2.31. The first-order valence-corrected chi connectivity index (χ1v) is 6.44. The lowest BCUT2D eigenvalue weighted by atomic mass is 9.99. The van der Waals surface area contributed by atoms with Crippen LogP contribution in [0.1, 0.15) is 19.8 Å². The second-order valence-corrected chi connectivity index (χ2v) is 4.47. The summed E-state index contributed by atoms with van der Waals surface area (Å²) in [5.74, 6) is 0.378. The van der Waals surface area contributed by atoms with Crippen LogP contribution in [0.5, 0.6) is 0 Å². The van der Waals surface area contributed by atoms with Gasteiger partial charge in [0.15, 0.2) is 0 Å². The number of amides is 1. The molecule has 1 fully saturated rings. The van der Waals surface area contributed by atoms with Gasteiger partial charge < -0.3 is 15.2 Å². The second-order valence-electron chi connectivity index (χ2n) is 4.47. The van der Waals surface area contributed by atoms with E-state index in [2.05, 4.69) is 10.2 Å². The van der Waals surface area contributed by atoms with Gasteiger partial charge in [0.05, 0.1) is 13.2 Å². The van der Waals surface area contributed by atoms with Crippen molar-refractivity contribution in [2.24, 2.45) is 5.92 Å². The van der Waals surface area contributed by atoms with Crippen LogP contribution >= 0.6 is 0 Å². The van der Waals surface area contributed by atoms with Crippen LogP contribution in [0.4, 0.5) is 0 Å². The summed E-state index contributed by atoms with van der Waals surface area (Å²) in [7, 11) is 0. The summed E-state index contributed by atoms with van der Waals surface area (Å²) >= 11 is 0. The molecule has 0 aliphatic carbocycles. The molecule has 1 unspecified atom stereocenters. The van der Waals surface area contributed by atoms with Gasteiger partial charge in [-0.1, -0.05) is 0 Å². The number of nitrogens with zero attached hydrogens (tertiary/aromatic N) is 1. The maximum atomic E-state index is 11.6. The van der Waals surface area contributed by atoms with E-state index in [4.69, 9.17) is 9.84 Å². The van der Waals surface area contributed by atoms with Crippen molar-refractivity contribution in [1.29, 1.82) is 0 Å². The van der Waals surface area contributed by atoms with Gasteiger partial charge in [-0.25, -0.2) is 0 Å². The van der Waals surface area contributed by atoms with Crippen molar-refractivity contribution < 1.29 is 14.6 Å². The number of aliphatic hydroxyl groups excluding tert-OH is 1. The van der Waals surface area contributed by atoms with Gasteiger partial charge in [-0.2, -0.15) is 0 Å². The van der Waals surface area contributed by atoms with E-state index in [0.717, 1.165) is 25.9 Å². The minimum absolute atomic E-state index is 0.0447. The van der Waals surface area contributed by atoms with Crippen LogP contribution in [0.3, 0.4) is 0 Å². The van der Waals surface area contributed by atoms with Crippen LogP contribution in [-0.4, -0.2) is 61.9 Å². The lowest BCUT2D eigenvalue weighted by molar-refractivity contribution is -0.123. The van der Waals surface area contributed by atoms with Gasteiger partial charge in [-0.15, -0.1) is 0 Å². The van der Waals surface area contributed by atoms with Gasteiger partial charge in [0.2, 0.25) is 5.91 Å². The molecule has 0 radical (unpaired) electrons. The molecule has 1 aliphatic heterocycles. The monoisotopic (exact) mass is 244 g/mol.